The first-order valence-electron chi connectivity index (χ1n) is 21.0. The maximum absolute atomic E-state index is 13.2. The van der Waals surface area contributed by atoms with Crippen molar-refractivity contribution < 1.29 is 71.3 Å². The monoisotopic (exact) mass is 841 g/mol. The van der Waals surface area contributed by atoms with Crippen molar-refractivity contribution in [3.63, 3.8) is 0 Å². The minimum Gasteiger partial charge on any atom is -0.382 e. The smallest absolute Gasteiger partial charge is 0.264 e. The number of imide groups is 2. The molecule has 2 N–H and O–H groups in total. The van der Waals surface area contributed by atoms with E-state index < -0.39 is 29.7 Å². The largest absolute Gasteiger partial charge is 0.382 e. The van der Waals surface area contributed by atoms with Gasteiger partial charge >= 0.3 is 0 Å². The van der Waals surface area contributed by atoms with Gasteiger partial charge < -0.3 is 57.4 Å². The Kier molecular flexibility index (Phi) is 28.6. The SMILES string of the molecule is CCCCCCOCCOCCOCCOCCOCCOCCOCCOCCOCCOCCOCCNc1cccc2c1C(=O)N(C1CCC(=O)NC1=O)C2=O. The number of rotatable bonds is 40. The summed E-state index contributed by atoms with van der Waals surface area (Å²) < 4.78 is 60.6. The zero-order chi connectivity index (χ0) is 42.0. The Balaban J connectivity index is 0.981. The number of fused-ring (bicyclic) bond motifs is 1. The molecule has 3 rings (SSSR count). The van der Waals surface area contributed by atoms with Crippen LogP contribution in [0.1, 0.15) is 66.2 Å². The van der Waals surface area contributed by atoms with Crippen molar-refractivity contribution in [3.05, 3.63) is 29.3 Å². The van der Waals surface area contributed by atoms with Crippen LogP contribution in [0.15, 0.2) is 18.2 Å². The molecule has 0 saturated carbocycles. The van der Waals surface area contributed by atoms with Crippen molar-refractivity contribution >= 4 is 29.3 Å². The Labute approximate surface area is 348 Å². The van der Waals surface area contributed by atoms with Gasteiger partial charge in [0.25, 0.3) is 11.8 Å². The molecule has 1 aromatic carbocycles. The van der Waals surface area contributed by atoms with E-state index in [0.29, 0.717) is 151 Å². The van der Waals surface area contributed by atoms with E-state index in [0.717, 1.165) is 17.9 Å². The Morgan fingerprint density at radius 2 is 0.966 bits per heavy atom. The first-order chi connectivity index (χ1) is 29.0. The summed E-state index contributed by atoms with van der Waals surface area (Å²) in [5.74, 6) is -2.17. The van der Waals surface area contributed by atoms with Gasteiger partial charge in [-0.05, 0) is 25.0 Å². The van der Waals surface area contributed by atoms with Crippen LogP contribution in [-0.2, 0) is 61.7 Å². The molecule has 0 aliphatic carbocycles. The van der Waals surface area contributed by atoms with Crippen LogP contribution in [0.3, 0.4) is 0 Å². The van der Waals surface area contributed by atoms with Crippen molar-refractivity contribution in [1.29, 1.82) is 0 Å². The zero-order valence-electron chi connectivity index (χ0n) is 34.9. The lowest BCUT2D eigenvalue weighted by atomic mass is 10.0. The van der Waals surface area contributed by atoms with Gasteiger partial charge in [0.05, 0.1) is 150 Å². The van der Waals surface area contributed by atoms with E-state index in [-0.39, 0.29) is 24.0 Å². The number of carbonyl (C=O) groups excluding carboxylic acids is 4. The van der Waals surface area contributed by atoms with E-state index in [1.54, 1.807) is 18.2 Å². The molecular formula is C41H67N3O15. The molecule has 1 atom stereocenters. The van der Waals surface area contributed by atoms with Crippen LogP contribution >= 0.6 is 0 Å². The van der Waals surface area contributed by atoms with Gasteiger partial charge in [0.1, 0.15) is 6.04 Å². The molecule has 0 bridgehead atoms. The summed E-state index contributed by atoms with van der Waals surface area (Å²) >= 11 is 0. The second kappa shape index (κ2) is 33.6. The van der Waals surface area contributed by atoms with Crippen LogP contribution < -0.4 is 10.6 Å². The van der Waals surface area contributed by atoms with Crippen LogP contribution in [0.4, 0.5) is 5.69 Å². The molecule has 1 aromatic rings. The van der Waals surface area contributed by atoms with Crippen LogP contribution in [0.2, 0.25) is 0 Å². The third-order valence-corrected chi connectivity index (χ3v) is 8.89. The number of benzene rings is 1. The lowest BCUT2D eigenvalue weighted by Gasteiger charge is -2.27. The van der Waals surface area contributed by atoms with Gasteiger partial charge in [-0.1, -0.05) is 32.3 Å². The molecule has 4 amide bonds. The summed E-state index contributed by atoms with van der Waals surface area (Å²) in [5.41, 5.74) is 0.909. The molecule has 0 aromatic heterocycles. The van der Waals surface area contributed by atoms with Gasteiger partial charge in [-0.15, -0.1) is 0 Å². The number of ether oxygens (including phenoxy) is 11. The normalized spacial score (nSPS) is 15.3. The molecule has 2 aliphatic heterocycles. The number of hydrogen-bond acceptors (Lipinski definition) is 16. The van der Waals surface area contributed by atoms with Crippen molar-refractivity contribution in [3.8, 4) is 0 Å². The maximum atomic E-state index is 13.2. The first kappa shape index (κ1) is 50.2. The Hall–Kier alpha value is -3.14. The summed E-state index contributed by atoms with van der Waals surface area (Å²) in [5, 5.41) is 5.34. The highest BCUT2D eigenvalue weighted by Crippen LogP contribution is 2.32. The van der Waals surface area contributed by atoms with Crippen LogP contribution in [-0.4, -0.2) is 186 Å². The molecular weight excluding hydrogens is 774 g/mol. The Morgan fingerprint density at radius 1 is 0.542 bits per heavy atom. The fraction of sp³-hybridized carbons (Fsp3) is 0.756. The average molecular weight is 842 g/mol. The standard InChI is InChI=1S/C41H67N3O15/c1-2-3-4-5-12-49-14-16-51-18-20-53-22-24-55-26-28-57-30-32-59-33-31-58-29-27-56-25-23-54-21-19-52-17-15-50-13-11-42-35-8-6-7-34-38(35)41(48)44(40(34)47)36-9-10-37(45)43-39(36)46/h6-8,36,42H,2-5,9-33H2,1H3,(H,43,45,46). The molecule has 1 saturated heterocycles. The highest BCUT2D eigenvalue weighted by Gasteiger charge is 2.45. The lowest BCUT2D eigenvalue weighted by Crippen LogP contribution is -2.54. The summed E-state index contributed by atoms with van der Waals surface area (Å²) in [6.07, 6.45) is 5.02. The molecule has 2 aliphatic rings. The third-order valence-electron chi connectivity index (χ3n) is 8.89. The van der Waals surface area contributed by atoms with Crippen LogP contribution in [0.25, 0.3) is 0 Å². The molecule has 0 spiro atoms. The number of piperidine rings is 1. The number of nitrogens with zero attached hydrogens (tertiary/aromatic N) is 1. The Bertz CT molecular complexity index is 1310. The van der Waals surface area contributed by atoms with Crippen LogP contribution in [0.5, 0.6) is 0 Å². The molecule has 1 unspecified atom stereocenters. The predicted molar refractivity (Wildman–Crippen MR) is 215 cm³/mol. The minimum absolute atomic E-state index is 0.0658. The number of amides is 4. The summed E-state index contributed by atoms with van der Waals surface area (Å²) in [4.78, 5) is 50.9. The fourth-order valence-corrected chi connectivity index (χ4v) is 5.85. The maximum Gasteiger partial charge on any atom is 0.264 e. The first-order valence-corrected chi connectivity index (χ1v) is 21.0. The highest BCUT2D eigenvalue weighted by molar-refractivity contribution is 6.25. The second-order valence-corrected chi connectivity index (χ2v) is 13.4. The molecule has 59 heavy (non-hydrogen) atoms. The third kappa shape index (κ3) is 21.8. The van der Waals surface area contributed by atoms with E-state index >= 15 is 0 Å². The van der Waals surface area contributed by atoms with E-state index in [4.69, 9.17) is 52.1 Å². The quantitative estimate of drug-likeness (QED) is 0.0721. The molecule has 336 valence electrons. The number of anilines is 1. The van der Waals surface area contributed by atoms with Gasteiger partial charge in [-0.2, -0.15) is 0 Å². The van der Waals surface area contributed by atoms with Crippen LogP contribution in [0, 0.1) is 0 Å². The highest BCUT2D eigenvalue weighted by atomic mass is 16.6. The molecule has 18 heteroatoms. The zero-order valence-corrected chi connectivity index (χ0v) is 34.9. The molecule has 1 fully saturated rings. The predicted octanol–water partition coefficient (Wildman–Crippen LogP) is 2.26. The lowest BCUT2D eigenvalue weighted by molar-refractivity contribution is -0.136. The molecule has 0 radical (unpaired) electrons. The second-order valence-electron chi connectivity index (χ2n) is 13.4. The van der Waals surface area contributed by atoms with Gasteiger partial charge in [0.15, 0.2) is 0 Å². The van der Waals surface area contributed by atoms with E-state index in [1.807, 2.05) is 0 Å². The van der Waals surface area contributed by atoms with Gasteiger partial charge in [-0.25, -0.2) is 0 Å². The Morgan fingerprint density at radius 3 is 1.39 bits per heavy atom. The summed E-state index contributed by atoms with van der Waals surface area (Å²) in [7, 11) is 0. The number of hydrogen-bond donors (Lipinski definition) is 2. The van der Waals surface area contributed by atoms with Crippen molar-refractivity contribution in [1.82, 2.24) is 10.2 Å². The molecule has 2 heterocycles. The van der Waals surface area contributed by atoms with Gasteiger partial charge in [0.2, 0.25) is 11.8 Å². The van der Waals surface area contributed by atoms with Crippen molar-refractivity contribution in [2.45, 2.75) is 51.5 Å². The number of unbranched alkanes of at least 4 members (excludes halogenated alkanes) is 3. The van der Waals surface area contributed by atoms with Crippen molar-refractivity contribution in [2.75, 3.05) is 157 Å². The summed E-state index contributed by atoms with van der Waals surface area (Å²) in [6.45, 7) is 13.5. The van der Waals surface area contributed by atoms with Crippen molar-refractivity contribution in [2.24, 2.45) is 0 Å². The van der Waals surface area contributed by atoms with E-state index in [2.05, 4.69) is 17.6 Å². The average Bonchev–Trinajstić information content (AvgIpc) is 3.49. The fourth-order valence-electron chi connectivity index (χ4n) is 5.85. The van der Waals surface area contributed by atoms with E-state index in [9.17, 15) is 19.2 Å². The minimum atomic E-state index is -1.01. The summed E-state index contributed by atoms with van der Waals surface area (Å²) in [6, 6.07) is 3.91. The number of nitrogens with one attached hydrogen (secondary N) is 2. The molecule has 18 nitrogen and oxygen atoms in total. The van der Waals surface area contributed by atoms with Gasteiger partial charge in [-0.3, -0.25) is 29.4 Å². The van der Waals surface area contributed by atoms with Gasteiger partial charge in [0, 0.05) is 25.3 Å². The topological polar surface area (TPSA) is 197 Å². The van der Waals surface area contributed by atoms with E-state index in [1.165, 1.54) is 19.3 Å². The number of carbonyl (C=O) groups is 4.